The van der Waals surface area contributed by atoms with E-state index in [0.29, 0.717) is 0 Å². The van der Waals surface area contributed by atoms with Crippen LogP contribution in [0.15, 0.2) is 24.3 Å². The molecule has 5 heteroatoms. The second-order valence-electron chi connectivity index (χ2n) is 3.66. The average molecular weight is 223 g/mol. The number of hydrogen-bond acceptors (Lipinski definition) is 4. The minimum atomic E-state index is -1.14. The number of nitro groups is 1. The highest BCUT2D eigenvalue weighted by atomic mass is 16.6. The van der Waals surface area contributed by atoms with Gasteiger partial charge in [-0.2, -0.15) is 0 Å². The lowest BCUT2D eigenvalue weighted by molar-refractivity contribution is -0.386. The molecule has 0 saturated heterocycles. The Morgan fingerprint density at radius 3 is 2.50 bits per heavy atom. The van der Waals surface area contributed by atoms with Crippen LogP contribution in [0.4, 0.5) is 5.69 Å². The minimum absolute atomic E-state index is 0.164. The molecule has 0 bridgehead atoms. The van der Waals surface area contributed by atoms with Gasteiger partial charge in [-0.15, -0.1) is 0 Å². The fraction of sp³-hybridized carbons (Fsp3) is 0.364. The molecule has 0 saturated carbocycles. The topological polar surface area (TPSA) is 80.4 Å². The van der Waals surface area contributed by atoms with E-state index >= 15 is 0 Å². The fourth-order valence-electron chi connectivity index (χ4n) is 1.40. The molecule has 0 aliphatic heterocycles. The van der Waals surface area contributed by atoms with E-state index in [-0.39, 0.29) is 17.0 Å². The van der Waals surface area contributed by atoms with E-state index in [2.05, 4.69) is 0 Å². The Balaban J connectivity index is 3.12. The first-order valence-corrected chi connectivity index (χ1v) is 4.87. The molecule has 1 N–H and O–H groups in total. The molecule has 1 aromatic rings. The second-order valence-corrected chi connectivity index (χ2v) is 3.66. The number of hydrogen-bond donors (Lipinski definition) is 1. The van der Waals surface area contributed by atoms with Gasteiger partial charge in [0.25, 0.3) is 5.69 Å². The number of rotatable bonds is 4. The highest BCUT2D eigenvalue weighted by Crippen LogP contribution is 2.29. The van der Waals surface area contributed by atoms with Crippen molar-refractivity contribution in [3.63, 3.8) is 0 Å². The number of aliphatic hydroxyl groups excluding tert-OH is 1. The molecular formula is C11H13NO4. The zero-order valence-electron chi connectivity index (χ0n) is 9.08. The molecule has 1 rings (SSSR count). The van der Waals surface area contributed by atoms with Crippen LogP contribution in [0.3, 0.4) is 0 Å². The van der Waals surface area contributed by atoms with E-state index in [1.165, 1.54) is 25.1 Å². The number of nitrogens with zero attached hydrogens (tertiary/aromatic N) is 1. The summed E-state index contributed by atoms with van der Waals surface area (Å²) in [4.78, 5) is 21.3. The van der Waals surface area contributed by atoms with E-state index in [1.807, 2.05) is 0 Å². The maximum Gasteiger partial charge on any atom is 0.275 e. The quantitative estimate of drug-likeness (QED) is 0.624. The third-order valence-corrected chi connectivity index (χ3v) is 2.57. The molecule has 0 heterocycles. The van der Waals surface area contributed by atoms with Crippen molar-refractivity contribution in [1.29, 1.82) is 0 Å². The number of para-hydroxylation sites is 1. The van der Waals surface area contributed by atoms with Crippen LogP contribution in [0, 0.1) is 16.0 Å². The third-order valence-electron chi connectivity index (χ3n) is 2.57. The molecule has 0 spiro atoms. The van der Waals surface area contributed by atoms with E-state index in [9.17, 15) is 20.0 Å². The lowest BCUT2D eigenvalue weighted by Crippen LogP contribution is -2.17. The van der Waals surface area contributed by atoms with Crippen molar-refractivity contribution in [1.82, 2.24) is 0 Å². The molecule has 16 heavy (non-hydrogen) atoms. The number of Topliss-reactive ketones (excluding diaryl/α,β-unsaturated/α-hetero) is 1. The van der Waals surface area contributed by atoms with Crippen LogP contribution in [0.2, 0.25) is 0 Å². The van der Waals surface area contributed by atoms with Crippen LogP contribution >= 0.6 is 0 Å². The summed E-state index contributed by atoms with van der Waals surface area (Å²) in [6.07, 6.45) is -1.14. The SMILES string of the molecule is CC(=O)[C@H](C)[C@H](O)c1ccccc1[N+](=O)[O-]. The first kappa shape index (κ1) is 12.3. The van der Waals surface area contributed by atoms with Crippen LogP contribution in [-0.2, 0) is 4.79 Å². The lowest BCUT2D eigenvalue weighted by Gasteiger charge is -2.16. The van der Waals surface area contributed by atoms with Crippen molar-refractivity contribution in [2.45, 2.75) is 20.0 Å². The smallest absolute Gasteiger partial charge is 0.275 e. The van der Waals surface area contributed by atoms with E-state index in [4.69, 9.17) is 0 Å². The molecule has 0 unspecified atom stereocenters. The Morgan fingerprint density at radius 1 is 1.44 bits per heavy atom. The molecule has 2 atom stereocenters. The first-order valence-electron chi connectivity index (χ1n) is 4.87. The van der Waals surface area contributed by atoms with Gasteiger partial charge in [0.1, 0.15) is 5.78 Å². The Labute approximate surface area is 92.9 Å². The molecule has 1 aromatic carbocycles. The molecule has 86 valence electrons. The Hall–Kier alpha value is -1.75. The number of benzene rings is 1. The molecule has 0 aliphatic rings. The summed E-state index contributed by atoms with van der Waals surface area (Å²) in [5, 5.41) is 20.6. The molecule has 0 aliphatic carbocycles. The molecule has 0 fully saturated rings. The van der Waals surface area contributed by atoms with Gasteiger partial charge in [0.05, 0.1) is 16.6 Å². The van der Waals surface area contributed by atoms with Gasteiger partial charge >= 0.3 is 0 Å². The number of ketones is 1. The predicted molar refractivity (Wildman–Crippen MR) is 57.9 cm³/mol. The largest absolute Gasteiger partial charge is 0.387 e. The van der Waals surface area contributed by atoms with Crippen molar-refractivity contribution in [3.05, 3.63) is 39.9 Å². The minimum Gasteiger partial charge on any atom is -0.387 e. The van der Waals surface area contributed by atoms with Crippen LogP contribution in [-0.4, -0.2) is 15.8 Å². The summed E-state index contributed by atoms with van der Waals surface area (Å²) in [6.45, 7) is 2.90. The van der Waals surface area contributed by atoms with Gasteiger partial charge in [-0.1, -0.05) is 19.1 Å². The normalized spacial score (nSPS) is 14.2. The number of carbonyl (C=O) groups excluding carboxylic acids is 1. The fourth-order valence-corrected chi connectivity index (χ4v) is 1.40. The zero-order valence-corrected chi connectivity index (χ0v) is 9.08. The molecule has 0 radical (unpaired) electrons. The maximum absolute atomic E-state index is 11.1. The summed E-state index contributed by atoms with van der Waals surface area (Å²) < 4.78 is 0. The highest BCUT2D eigenvalue weighted by Gasteiger charge is 2.26. The zero-order chi connectivity index (χ0) is 12.3. The second kappa shape index (κ2) is 4.85. The van der Waals surface area contributed by atoms with Gasteiger partial charge < -0.3 is 5.11 Å². The first-order chi connectivity index (χ1) is 7.45. The monoisotopic (exact) mass is 223 g/mol. The van der Waals surface area contributed by atoms with Crippen molar-refractivity contribution in [2.75, 3.05) is 0 Å². The van der Waals surface area contributed by atoms with Crippen molar-refractivity contribution >= 4 is 11.5 Å². The van der Waals surface area contributed by atoms with Gasteiger partial charge in [0, 0.05) is 12.0 Å². The average Bonchev–Trinajstić information content (AvgIpc) is 2.26. The lowest BCUT2D eigenvalue weighted by atomic mass is 9.93. The Morgan fingerprint density at radius 2 is 2.00 bits per heavy atom. The summed E-state index contributed by atoms with van der Waals surface area (Å²) in [6, 6.07) is 5.89. The maximum atomic E-state index is 11.1. The molecule has 5 nitrogen and oxygen atoms in total. The number of nitro benzene ring substituents is 1. The van der Waals surface area contributed by atoms with Crippen molar-refractivity contribution < 1.29 is 14.8 Å². The van der Waals surface area contributed by atoms with E-state index < -0.39 is 16.9 Å². The Bertz CT molecular complexity index is 416. The van der Waals surface area contributed by atoms with E-state index in [1.54, 1.807) is 13.0 Å². The summed E-state index contributed by atoms with van der Waals surface area (Å²) in [5.74, 6) is -0.855. The van der Waals surface area contributed by atoms with Crippen LogP contribution in [0.25, 0.3) is 0 Å². The van der Waals surface area contributed by atoms with Crippen LogP contribution in [0.1, 0.15) is 25.5 Å². The number of aliphatic hydroxyl groups is 1. The predicted octanol–water partition coefficient (Wildman–Crippen LogP) is 1.85. The van der Waals surface area contributed by atoms with E-state index in [0.717, 1.165) is 0 Å². The van der Waals surface area contributed by atoms with Gasteiger partial charge in [0.15, 0.2) is 0 Å². The molecular weight excluding hydrogens is 210 g/mol. The molecule has 0 aromatic heterocycles. The van der Waals surface area contributed by atoms with Gasteiger partial charge in [0.2, 0.25) is 0 Å². The van der Waals surface area contributed by atoms with Gasteiger partial charge in [-0.05, 0) is 13.0 Å². The summed E-state index contributed by atoms with van der Waals surface area (Å²) in [7, 11) is 0. The Kier molecular flexibility index (Phi) is 3.73. The highest BCUT2D eigenvalue weighted by molar-refractivity contribution is 5.78. The van der Waals surface area contributed by atoms with Crippen molar-refractivity contribution in [3.8, 4) is 0 Å². The summed E-state index contributed by atoms with van der Waals surface area (Å²) >= 11 is 0. The molecule has 0 amide bonds. The van der Waals surface area contributed by atoms with Crippen LogP contribution in [0.5, 0.6) is 0 Å². The number of carbonyl (C=O) groups is 1. The van der Waals surface area contributed by atoms with Crippen LogP contribution < -0.4 is 0 Å². The van der Waals surface area contributed by atoms with Gasteiger partial charge in [-0.3, -0.25) is 14.9 Å². The van der Waals surface area contributed by atoms with Gasteiger partial charge in [-0.25, -0.2) is 0 Å². The third kappa shape index (κ3) is 2.43. The van der Waals surface area contributed by atoms with Crippen molar-refractivity contribution in [2.24, 2.45) is 5.92 Å². The summed E-state index contributed by atoms with van der Waals surface area (Å²) in [5.41, 5.74) is 0.0123. The standard InChI is InChI=1S/C11H13NO4/c1-7(8(2)13)11(14)9-5-3-4-6-10(9)12(15)16/h3-7,11,14H,1-2H3/t7-,11-/m0/s1.